The Hall–Kier alpha value is 7.50. The Labute approximate surface area is 376 Å². The molecule has 0 aliphatic carbocycles. The van der Waals surface area contributed by atoms with Crippen LogP contribution in [-0.4, -0.2) is 80.6 Å². The standard InChI is InChI=1S/C2H4Cl2O.12CH2Cl2/c3-2(4)1-5;12*2-1-3/h2,5H,1H2;12*1H2. The van der Waals surface area contributed by atoms with Crippen LogP contribution in [0.15, 0.2) is 0 Å². The summed E-state index contributed by atoms with van der Waals surface area (Å²) in [5.41, 5.74) is 0. The lowest BCUT2D eigenvalue weighted by Crippen LogP contribution is -1.90. The summed E-state index contributed by atoms with van der Waals surface area (Å²) >= 11 is 124. The maximum absolute atomic E-state index is 7.88. The van der Waals surface area contributed by atoms with Crippen molar-refractivity contribution in [3.05, 3.63) is 0 Å². The quantitative estimate of drug-likeness (QED) is 0.260. The summed E-state index contributed by atoms with van der Waals surface area (Å²) < 4.78 is 0. The second-order valence-electron chi connectivity index (χ2n) is 1.79. The number of aliphatic hydroxyl groups excluding tert-OH is 1. The summed E-state index contributed by atoms with van der Waals surface area (Å²) in [5.74, 6) is 0. The summed E-state index contributed by atoms with van der Waals surface area (Å²) in [5, 5.41) is 10.2. The molecule has 0 aliphatic rings. The van der Waals surface area contributed by atoms with Crippen LogP contribution >= 0.6 is 302 Å². The Bertz CT molecular complexity index is 127. The van der Waals surface area contributed by atoms with E-state index >= 15 is 0 Å². The van der Waals surface area contributed by atoms with Crippen molar-refractivity contribution in [3.8, 4) is 0 Å². The van der Waals surface area contributed by atoms with Crippen LogP contribution in [-0.2, 0) is 0 Å². The molecule has 0 unspecified atom stereocenters. The molecule has 0 atom stereocenters. The van der Waals surface area contributed by atoms with Crippen molar-refractivity contribution in [2.45, 2.75) is 4.84 Å². The van der Waals surface area contributed by atoms with Gasteiger partial charge < -0.3 is 5.11 Å². The van der Waals surface area contributed by atoms with Crippen molar-refractivity contribution in [1.82, 2.24) is 0 Å². The third kappa shape index (κ3) is 1090. The second kappa shape index (κ2) is 186. The van der Waals surface area contributed by atoms with Gasteiger partial charge in [0.2, 0.25) is 0 Å². The second-order valence-corrected chi connectivity index (χ2v) is 12.8. The molecule has 0 heterocycles. The smallest absolute Gasteiger partial charge is 0.130 e. The van der Waals surface area contributed by atoms with Gasteiger partial charge in [-0.25, -0.2) is 0 Å². The average molecular weight is 1130 g/mol. The van der Waals surface area contributed by atoms with Gasteiger partial charge >= 0.3 is 0 Å². The molecule has 0 amide bonds. The van der Waals surface area contributed by atoms with E-state index < -0.39 is 4.84 Å². The van der Waals surface area contributed by atoms with Gasteiger partial charge in [-0.15, -0.1) is 302 Å². The zero-order valence-corrected chi connectivity index (χ0v) is 39.7. The van der Waals surface area contributed by atoms with Gasteiger partial charge in [0, 0.05) is 0 Å². The highest BCUT2D eigenvalue weighted by molar-refractivity contribution is 6.45. The maximum Gasteiger partial charge on any atom is 0.130 e. The van der Waals surface area contributed by atoms with Crippen LogP contribution in [0.3, 0.4) is 0 Å². The van der Waals surface area contributed by atoms with Crippen LogP contribution in [0.5, 0.6) is 0 Å². The van der Waals surface area contributed by atoms with Crippen LogP contribution in [0.2, 0.25) is 0 Å². The molecule has 0 spiro atoms. The molecule has 1 N–H and O–H groups in total. The van der Waals surface area contributed by atoms with Crippen LogP contribution in [0.4, 0.5) is 0 Å². The largest absolute Gasteiger partial charge is 0.394 e. The average Bonchev–Trinajstić information content (AvgIpc) is 2.85. The molecular weight excluding hydrogens is 1110 g/mol. The van der Waals surface area contributed by atoms with Crippen molar-refractivity contribution in [2.24, 2.45) is 0 Å². The molecule has 1 nitrogen and oxygen atoms in total. The Balaban J connectivity index is -0.0000000189. The zero-order chi connectivity index (χ0) is 36.8. The summed E-state index contributed by atoms with van der Waals surface area (Å²) in [4.78, 5) is -0.616. The van der Waals surface area contributed by atoms with Crippen molar-refractivity contribution in [2.75, 3.05) is 70.7 Å². The number of rotatable bonds is 1. The normalized spacial score (nSPS) is 6.44. The number of hydrogen-bond acceptors (Lipinski definition) is 1. The van der Waals surface area contributed by atoms with Gasteiger partial charge in [0.1, 0.15) is 4.84 Å². The molecule has 272 valence electrons. The predicted octanol–water partition coefficient (Wildman–Crippen LogP) is 17.8. The molecule has 0 radical (unpaired) electrons. The van der Waals surface area contributed by atoms with Crippen LogP contribution < -0.4 is 0 Å². The fourth-order valence-corrected chi connectivity index (χ4v) is 0. The van der Waals surface area contributed by atoms with Crippen molar-refractivity contribution in [3.63, 3.8) is 0 Å². The molecular formula is C14H28Cl26O. The molecule has 0 aliphatic heterocycles. The van der Waals surface area contributed by atoms with Crippen molar-refractivity contribution in [1.29, 1.82) is 0 Å². The van der Waals surface area contributed by atoms with Gasteiger partial charge in [-0.2, -0.15) is 0 Å². The van der Waals surface area contributed by atoms with Crippen molar-refractivity contribution < 1.29 is 5.11 Å². The summed E-state index contributed by atoms with van der Waals surface area (Å²) in [7, 11) is 0. The number of halogens is 26. The lowest BCUT2D eigenvalue weighted by atomic mass is 10.9. The molecule has 0 aromatic carbocycles. The van der Waals surface area contributed by atoms with Crippen LogP contribution in [0.25, 0.3) is 0 Å². The van der Waals surface area contributed by atoms with Gasteiger partial charge in [-0.1, -0.05) is 0 Å². The van der Waals surface area contributed by atoms with E-state index in [4.69, 9.17) is 307 Å². The number of aliphatic hydroxyl groups is 1. The predicted molar refractivity (Wildman–Crippen MR) is 221 cm³/mol. The SMILES string of the molecule is ClCCl.ClCCl.ClCCl.ClCCl.ClCCl.ClCCl.ClCCl.ClCCl.ClCCl.ClCCl.ClCCl.ClCCl.OCC(Cl)Cl. The summed E-state index contributed by atoms with van der Waals surface area (Å²) in [6.45, 7) is -0.164. The third-order valence-corrected chi connectivity index (χ3v) is 0.414. The highest BCUT2D eigenvalue weighted by Gasteiger charge is 1.88. The molecule has 0 rings (SSSR count). The minimum absolute atomic E-state index is 0.164. The Morgan fingerprint density at radius 3 is 0.268 bits per heavy atom. The van der Waals surface area contributed by atoms with Gasteiger partial charge in [0.05, 0.1) is 70.7 Å². The number of alkyl halides is 26. The topological polar surface area (TPSA) is 20.2 Å². The first-order valence-electron chi connectivity index (χ1n) is 7.58. The van der Waals surface area contributed by atoms with Gasteiger partial charge in [-0.05, 0) is 0 Å². The van der Waals surface area contributed by atoms with E-state index in [-0.39, 0.29) is 70.7 Å². The molecule has 0 saturated carbocycles. The zero-order valence-electron chi connectivity index (χ0n) is 20.0. The fraction of sp³-hybridized carbons (Fsp3) is 1.00. The molecule has 41 heavy (non-hydrogen) atoms. The Morgan fingerprint density at radius 2 is 0.268 bits per heavy atom. The Morgan fingerprint density at radius 1 is 0.244 bits per heavy atom. The van der Waals surface area contributed by atoms with Gasteiger partial charge in [-0.3, -0.25) is 0 Å². The molecule has 0 bridgehead atoms. The molecule has 27 heteroatoms. The van der Waals surface area contributed by atoms with E-state index in [2.05, 4.69) is 0 Å². The lowest BCUT2D eigenvalue weighted by Gasteiger charge is -1.84. The number of hydrogen-bond donors (Lipinski definition) is 1. The monoisotopic (exact) mass is 1120 g/mol. The minimum Gasteiger partial charge on any atom is -0.394 e. The highest BCUT2D eigenvalue weighted by Crippen LogP contribution is 1.96. The van der Waals surface area contributed by atoms with E-state index in [1.165, 1.54) is 0 Å². The van der Waals surface area contributed by atoms with E-state index in [1.807, 2.05) is 0 Å². The first-order valence-corrected chi connectivity index (χ1v) is 21.3. The minimum atomic E-state index is -0.616. The fourth-order valence-electron chi connectivity index (χ4n) is 0. The first-order chi connectivity index (χ1) is 19.2. The van der Waals surface area contributed by atoms with Gasteiger partial charge in [0.25, 0.3) is 0 Å². The van der Waals surface area contributed by atoms with Crippen LogP contribution in [0, 0.1) is 0 Å². The summed E-state index contributed by atoms with van der Waals surface area (Å²) in [6, 6.07) is 0. The third-order valence-electron chi connectivity index (χ3n) is 0.138. The van der Waals surface area contributed by atoms with Gasteiger partial charge in [0.15, 0.2) is 0 Å². The maximum atomic E-state index is 7.88. The van der Waals surface area contributed by atoms with Crippen LogP contribution in [0.1, 0.15) is 0 Å². The highest BCUT2D eigenvalue weighted by atomic mass is 35.6. The molecule has 0 fully saturated rings. The molecule has 0 aromatic heterocycles. The Kier molecular flexibility index (Phi) is 394. The van der Waals surface area contributed by atoms with E-state index in [9.17, 15) is 0 Å². The molecule has 0 aromatic rings. The van der Waals surface area contributed by atoms with E-state index in [0.29, 0.717) is 0 Å². The lowest BCUT2D eigenvalue weighted by molar-refractivity contribution is 0.313. The van der Waals surface area contributed by atoms with E-state index in [0.717, 1.165) is 0 Å². The summed E-state index contributed by atoms with van der Waals surface area (Å²) in [6.07, 6.45) is 0. The molecule has 0 saturated heterocycles. The van der Waals surface area contributed by atoms with Crippen molar-refractivity contribution >= 4 is 302 Å². The first kappa shape index (κ1) is 86.8. The van der Waals surface area contributed by atoms with E-state index in [1.54, 1.807) is 0 Å².